The molecule has 0 N–H and O–H groups in total. The van der Waals surface area contributed by atoms with Crippen LogP contribution in [0.2, 0.25) is 18.1 Å². The van der Waals surface area contributed by atoms with Crippen molar-refractivity contribution in [1.29, 1.82) is 0 Å². The van der Waals surface area contributed by atoms with E-state index in [4.69, 9.17) is 18.6 Å². The molecule has 2 aromatic rings. The van der Waals surface area contributed by atoms with Gasteiger partial charge in [-0.1, -0.05) is 39.8 Å². The summed E-state index contributed by atoms with van der Waals surface area (Å²) in [6, 6.07) is 11.5. The Kier molecular flexibility index (Phi) is 9.78. The minimum atomic E-state index is -1.99. The first-order valence-corrected chi connectivity index (χ1v) is 15.0. The first-order valence-electron chi connectivity index (χ1n) is 12.1. The predicted molar refractivity (Wildman–Crippen MR) is 146 cm³/mol. The van der Waals surface area contributed by atoms with Crippen LogP contribution in [-0.4, -0.2) is 28.0 Å². The summed E-state index contributed by atoms with van der Waals surface area (Å²) < 4.78 is 23.6. The molecule has 190 valence electrons. The van der Waals surface area contributed by atoms with E-state index in [1.807, 2.05) is 56.3 Å². The van der Waals surface area contributed by atoms with E-state index < -0.39 is 14.3 Å². The molecule has 0 bridgehead atoms. The SMILES string of the molecule is C=CCc1ccc(O/C(=C/C(=O)OCCC)c2ccc(O[Si](C)(C)C(C)(C)C)c(C)c2)c(OC)c1. The van der Waals surface area contributed by atoms with Crippen molar-refractivity contribution in [2.75, 3.05) is 13.7 Å². The Labute approximate surface area is 211 Å². The number of carbonyl (C=O) groups is 1. The van der Waals surface area contributed by atoms with Crippen LogP contribution >= 0.6 is 0 Å². The minimum Gasteiger partial charge on any atom is -0.543 e. The van der Waals surface area contributed by atoms with Crippen molar-refractivity contribution in [3.63, 3.8) is 0 Å². The van der Waals surface area contributed by atoms with Crippen LogP contribution in [0.5, 0.6) is 17.2 Å². The molecule has 35 heavy (non-hydrogen) atoms. The summed E-state index contributed by atoms with van der Waals surface area (Å²) in [6.45, 7) is 19.2. The van der Waals surface area contributed by atoms with Crippen molar-refractivity contribution in [3.8, 4) is 17.2 Å². The number of hydrogen-bond donors (Lipinski definition) is 0. The van der Waals surface area contributed by atoms with Crippen LogP contribution in [0.1, 0.15) is 50.8 Å². The Morgan fingerprint density at radius 2 is 1.74 bits per heavy atom. The number of rotatable bonds is 11. The zero-order chi connectivity index (χ0) is 26.2. The van der Waals surface area contributed by atoms with Gasteiger partial charge in [-0.15, -0.1) is 6.58 Å². The molecule has 0 fully saturated rings. The van der Waals surface area contributed by atoms with Crippen molar-refractivity contribution in [3.05, 3.63) is 71.8 Å². The Hall–Kier alpha value is -2.99. The molecular weight excluding hydrogens is 456 g/mol. The molecule has 0 saturated carbocycles. The highest BCUT2D eigenvalue weighted by Gasteiger charge is 2.39. The van der Waals surface area contributed by atoms with Crippen LogP contribution in [0.4, 0.5) is 0 Å². The smallest absolute Gasteiger partial charge is 0.334 e. The first kappa shape index (κ1) is 28.2. The quantitative estimate of drug-likeness (QED) is 0.106. The van der Waals surface area contributed by atoms with Crippen LogP contribution in [0.25, 0.3) is 5.76 Å². The van der Waals surface area contributed by atoms with Gasteiger partial charge < -0.3 is 18.6 Å². The second-order valence-corrected chi connectivity index (χ2v) is 14.8. The summed E-state index contributed by atoms with van der Waals surface area (Å²) in [7, 11) is -0.399. The zero-order valence-electron chi connectivity index (χ0n) is 22.5. The average molecular weight is 497 g/mol. The molecule has 0 aromatic heterocycles. The van der Waals surface area contributed by atoms with Crippen molar-refractivity contribution in [2.45, 2.75) is 65.6 Å². The third-order valence-corrected chi connectivity index (χ3v) is 10.5. The van der Waals surface area contributed by atoms with E-state index in [2.05, 4.69) is 40.4 Å². The summed E-state index contributed by atoms with van der Waals surface area (Å²) in [6.07, 6.45) is 4.68. The molecule has 6 heteroatoms. The van der Waals surface area contributed by atoms with Gasteiger partial charge in [0, 0.05) is 5.56 Å². The lowest BCUT2D eigenvalue weighted by Gasteiger charge is -2.37. The highest BCUT2D eigenvalue weighted by Crippen LogP contribution is 2.39. The van der Waals surface area contributed by atoms with Gasteiger partial charge in [0.2, 0.25) is 8.32 Å². The maximum atomic E-state index is 12.5. The van der Waals surface area contributed by atoms with Gasteiger partial charge in [0.1, 0.15) is 11.5 Å². The maximum Gasteiger partial charge on any atom is 0.334 e. The fraction of sp³-hybridized carbons (Fsp3) is 0.414. The van der Waals surface area contributed by atoms with Crippen LogP contribution in [0, 0.1) is 6.92 Å². The molecule has 0 heterocycles. The number of carbonyl (C=O) groups excluding carboxylic acids is 1. The fourth-order valence-corrected chi connectivity index (χ4v) is 4.16. The number of benzene rings is 2. The van der Waals surface area contributed by atoms with E-state index in [9.17, 15) is 4.79 Å². The Balaban J connectivity index is 2.45. The highest BCUT2D eigenvalue weighted by atomic mass is 28.4. The third kappa shape index (κ3) is 7.75. The molecule has 0 atom stereocenters. The number of methoxy groups -OCH3 is 1. The molecule has 0 spiro atoms. The monoisotopic (exact) mass is 496 g/mol. The molecule has 0 radical (unpaired) electrons. The molecule has 2 rings (SSSR count). The number of allylic oxidation sites excluding steroid dienone is 1. The Morgan fingerprint density at radius 3 is 2.31 bits per heavy atom. The van der Waals surface area contributed by atoms with E-state index in [1.54, 1.807) is 7.11 Å². The highest BCUT2D eigenvalue weighted by molar-refractivity contribution is 6.74. The third-order valence-electron chi connectivity index (χ3n) is 6.16. The van der Waals surface area contributed by atoms with E-state index in [0.29, 0.717) is 23.9 Å². The lowest BCUT2D eigenvalue weighted by atomic mass is 10.1. The Bertz CT molecular complexity index is 1060. The molecule has 0 aliphatic carbocycles. The molecule has 0 amide bonds. The van der Waals surface area contributed by atoms with E-state index >= 15 is 0 Å². The summed E-state index contributed by atoms with van der Waals surface area (Å²) in [5.41, 5.74) is 2.77. The number of hydrogen-bond acceptors (Lipinski definition) is 5. The van der Waals surface area contributed by atoms with Crippen molar-refractivity contribution in [2.24, 2.45) is 0 Å². The van der Waals surface area contributed by atoms with Crippen LogP contribution in [0.15, 0.2) is 55.1 Å². The number of ether oxygens (including phenoxy) is 3. The zero-order valence-corrected chi connectivity index (χ0v) is 23.5. The molecule has 2 aromatic carbocycles. The molecule has 0 unspecified atom stereocenters. The van der Waals surface area contributed by atoms with Gasteiger partial charge in [0.05, 0.1) is 19.8 Å². The topological polar surface area (TPSA) is 54.0 Å². The van der Waals surface area contributed by atoms with E-state index in [0.717, 1.165) is 35.3 Å². The predicted octanol–water partition coefficient (Wildman–Crippen LogP) is 7.49. The summed E-state index contributed by atoms with van der Waals surface area (Å²) in [4.78, 5) is 12.5. The minimum absolute atomic E-state index is 0.0869. The van der Waals surface area contributed by atoms with E-state index in [1.165, 1.54) is 6.08 Å². The van der Waals surface area contributed by atoms with Gasteiger partial charge in [-0.25, -0.2) is 4.79 Å². The second kappa shape index (κ2) is 12.1. The average Bonchev–Trinajstić information content (AvgIpc) is 2.78. The van der Waals surface area contributed by atoms with Crippen molar-refractivity contribution in [1.82, 2.24) is 0 Å². The van der Waals surface area contributed by atoms with Gasteiger partial charge in [0.15, 0.2) is 11.5 Å². The molecule has 0 aliphatic rings. The lowest BCUT2D eigenvalue weighted by Crippen LogP contribution is -2.44. The van der Waals surface area contributed by atoms with Gasteiger partial charge >= 0.3 is 5.97 Å². The molecule has 0 saturated heterocycles. The normalized spacial score (nSPS) is 12.2. The summed E-state index contributed by atoms with van der Waals surface area (Å²) >= 11 is 0. The van der Waals surface area contributed by atoms with Gasteiger partial charge in [-0.3, -0.25) is 0 Å². The van der Waals surface area contributed by atoms with Gasteiger partial charge in [-0.2, -0.15) is 0 Å². The molecule has 0 aliphatic heterocycles. The maximum absolute atomic E-state index is 12.5. The Morgan fingerprint density at radius 1 is 1.06 bits per heavy atom. The molecule has 5 nitrogen and oxygen atoms in total. The van der Waals surface area contributed by atoms with Crippen LogP contribution < -0.4 is 13.9 Å². The van der Waals surface area contributed by atoms with Gasteiger partial charge in [-0.05, 0) is 79.4 Å². The van der Waals surface area contributed by atoms with Crippen molar-refractivity contribution >= 4 is 20.0 Å². The lowest BCUT2D eigenvalue weighted by molar-refractivity contribution is -0.137. The van der Waals surface area contributed by atoms with Crippen LogP contribution in [0.3, 0.4) is 0 Å². The van der Waals surface area contributed by atoms with Crippen LogP contribution in [-0.2, 0) is 16.0 Å². The standard InChI is InChI=1S/C29H40O5Si/c1-10-12-22-13-15-25(27(19-22)31-7)33-26(20-28(30)32-17-11-2)23-14-16-24(21(3)18-23)34-35(8,9)29(4,5)6/h10,13-16,18-20H,1,11-12,17H2,2-9H3/b26-20+. The van der Waals surface area contributed by atoms with Crippen molar-refractivity contribution < 1.29 is 23.4 Å². The summed E-state index contributed by atoms with van der Waals surface area (Å²) in [5.74, 6) is 1.85. The molecular formula is C29H40O5Si. The largest absolute Gasteiger partial charge is 0.543 e. The van der Waals surface area contributed by atoms with Gasteiger partial charge in [0.25, 0.3) is 0 Å². The second-order valence-electron chi connectivity index (χ2n) is 10.1. The van der Waals surface area contributed by atoms with E-state index in [-0.39, 0.29) is 5.04 Å². The number of esters is 1. The number of aryl methyl sites for hydroxylation is 1. The fourth-order valence-electron chi connectivity index (χ4n) is 3.08. The first-order chi connectivity index (χ1) is 16.4. The summed E-state index contributed by atoms with van der Waals surface area (Å²) in [5, 5.41) is 0.0869.